The maximum atomic E-state index is 12.1. The molecule has 3 rings (SSSR count). The lowest BCUT2D eigenvalue weighted by Gasteiger charge is -2.14. The molecule has 0 radical (unpaired) electrons. The highest BCUT2D eigenvalue weighted by atomic mass is 16.6. The zero-order chi connectivity index (χ0) is 18.4. The molecule has 0 aliphatic carbocycles. The molecule has 1 unspecified atom stereocenters. The van der Waals surface area contributed by atoms with Crippen molar-refractivity contribution in [3.05, 3.63) is 70.3 Å². The third-order valence-corrected chi connectivity index (χ3v) is 4.55. The molecule has 1 aliphatic rings. The number of quaternary nitrogens is 1. The van der Waals surface area contributed by atoms with Crippen molar-refractivity contribution in [3.63, 3.8) is 0 Å². The second-order valence-electron chi connectivity index (χ2n) is 6.58. The first-order valence-electron chi connectivity index (χ1n) is 8.75. The summed E-state index contributed by atoms with van der Waals surface area (Å²) in [5.41, 5.74) is 1.88. The van der Waals surface area contributed by atoms with Crippen LogP contribution in [0.4, 0.5) is 11.4 Å². The molecule has 0 saturated carbocycles. The highest BCUT2D eigenvalue weighted by Crippen LogP contribution is 2.16. The van der Waals surface area contributed by atoms with Gasteiger partial charge in [0, 0.05) is 29.8 Å². The van der Waals surface area contributed by atoms with E-state index in [1.165, 1.54) is 22.6 Å². The number of hydrogen-bond donors (Lipinski definition) is 3. The summed E-state index contributed by atoms with van der Waals surface area (Å²) < 4.78 is 0. The summed E-state index contributed by atoms with van der Waals surface area (Å²) in [6.45, 7) is 3.03. The molecule has 2 aromatic rings. The number of carbonyl (C=O) groups is 1. The van der Waals surface area contributed by atoms with Crippen LogP contribution in [-0.4, -0.2) is 36.5 Å². The van der Waals surface area contributed by atoms with Gasteiger partial charge in [0.2, 0.25) is 5.91 Å². The van der Waals surface area contributed by atoms with Gasteiger partial charge in [-0.15, -0.1) is 0 Å². The highest BCUT2D eigenvalue weighted by molar-refractivity contribution is 5.81. The molecule has 136 valence electrons. The first-order chi connectivity index (χ1) is 12.6. The van der Waals surface area contributed by atoms with Crippen molar-refractivity contribution in [3.8, 4) is 0 Å². The van der Waals surface area contributed by atoms with E-state index in [4.69, 9.17) is 0 Å². The summed E-state index contributed by atoms with van der Waals surface area (Å²) in [6, 6.07) is 16.7. The lowest BCUT2D eigenvalue weighted by atomic mass is 10.2. The number of nitro benzene ring substituents is 1. The van der Waals surface area contributed by atoms with E-state index in [2.05, 4.69) is 22.8 Å². The van der Waals surface area contributed by atoms with E-state index in [-0.39, 0.29) is 24.2 Å². The summed E-state index contributed by atoms with van der Waals surface area (Å²) >= 11 is 0. The number of hydrogen-bond acceptors (Lipinski definition) is 4. The molecule has 3 N–H and O–H groups in total. The average Bonchev–Trinajstić information content (AvgIpc) is 3.08. The van der Waals surface area contributed by atoms with E-state index in [9.17, 15) is 14.9 Å². The van der Waals surface area contributed by atoms with Gasteiger partial charge in [0.25, 0.3) is 5.69 Å². The fourth-order valence-electron chi connectivity index (χ4n) is 3.29. The zero-order valence-corrected chi connectivity index (χ0v) is 14.5. The topological polar surface area (TPSA) is 88.7 Å². The van der Waals surface area contributed by atoms with Crippen LogP contribution < -0.4 is 15.5 Å². The van der Waals surface area contributed by atoms with Crippen molar-refractivity contribution in [2.45, 2.75) is 19.0 Å². The van der Waals surface area contributed by atoms with Gasteiger partial charge in [0.1, 0.15) is 6.54 Å². The molecule has 1 aliphatic heterocycles. The molecule has 7 heteroatoms. The maximum absolute atomic E-state index is 12.1. The van der Waals surface area contributed by atoms with Crippen molar-refractivity contribution < 1.29 is 14.6 Å². The Kier molecular flexibility index (Phi) is 5.80. The molecule has 7 nitrogen and oxygen atoms in total. The van der Waals surface area contributed by atoms with E-state index in [1.54, 1.807) is 12.1 Å². The monoisotopic (exact) mass is 355 g/mol. The number of carbonyl (C=O) groups excluding carboxylic acids is 1. The van der Waals surface area contributed by atoms with Gasteiger partial charge in [0.15, 0.2) is 0 Å². The number of nitrogens with one attached hydrogen (secondary N) is 3. The number of rotatable bonds is 7. The molecule has 0 aromatic heterocycles. The number of non-ortho nitro benzene ring substituents is 1. The van der Waals surface area contributed by atoms with E-state index in [0.29, 0.717) is 5.69 Å². The number of nitrogens with zero attached hydrogens (tertiary/aromatic N) is 1. The number of amides is 1. The number of benzene rings is 2. The molecule has 1 amide bonds. The lowest BCUT2D eigenvalue weighted by Crippen LogP contribution is -3.09. The number of nitro groups is 1. The SMILES string of the molecule is O=C(CNc1cccc([N+](=O)[O-])c1)N[C@@H]1CC[NH+](Cc2ccccc2)C1. The quantitative estimate of drug-likeness (QED) is 0.510. The first-order valence-corrected chi connectivity index (χ1v) is 8.75. The normalized spacial score (nSPS) is 19.1. The summed E-state index contributed by atoms with van der Waals surface area (Å²) in [6.07, 6.45) is 0.963. The van der Waals surface area contributed by atoms with Crippen LogP contribution in [0, 0.1) is 10.1 Å². The number of likely N-dealkylation sites (tertiary alicyclic amines) is 1. The Morgan fingerprint density at radius 3 is 2.77 bits per heavy atom. The van der Waals surface area contributed by atoms with Gasteiger partial charge in [-0.2, -0.15) is 0 Å². The van der Waals surface area contributed by atoms with Crippen LogP contribution >= 0.6 is 0 Å². The predicted molar refractivity (Wildman–Crippen MR) is 99.0 cm³/mol. The fourth-order valence-corrected chi connectivity index (χ4v) is 3.29. The maximum Gasteiger partial charge on any atom is 0.271 e. The zero-order valence-electron chi connectivity index (χ0n) is 14.5. The Bertz CT molecular complexity index is 766. The van der Waals surface area contributed by atoms with Crippen molar-refractivity contribution in [2.75, 3.05) is 25.0 Å². The van der Waals surface area contributed by atoms with E-state index < -0.39 is 4.92 Å². The minimum Gasteiger partial charge on any atom is -0.376 e. The fraction of sp³-hybridized carbons (Fsp3) is 0.316. The molecule has 1 fully saturated rings. The Morgan fingerprint density at radius 2 is 2.00 bits per heavy atom. The molecule has 1 saturated heterocycles. The smallest absolute Gasteiger partial charge is 0.271 e. The summed E-state index contributed by atoms with van der Waals surface area (Å²) in [7, 11) is 0. The van der Waals surface area contributed by atoms with Gasteiger partial charge in [-0.25, -0.2) is 0 Å². The molecular weight excluding hydrogens is 332 g/mol. The van der Waals surface area contributed by atoms with Crippen LogP contribution in [0.2, 0.25) is 0 Å². The molecule has 0 bridgehead atoms. The van der Waals surface area contributed by atoms with Gasteiger partial charge in [0.05, 0.1) is 30.6 Å². The molecule has 1 heterocycles. The second-order valence-corrected chi connectivity index (χ2v) is 6.58. The Balaban J connectivity index is 1.43. The molecule has 0 spiro atoms. The lowest BCUT2D eigenvalue weighted by molar-refractivity contribution is -0.901. The highest BCUT2D eigenvalue weighted by Gasteiger charge is 2.27. The molecular formula is C19H23N4O3+. The van der Waals surface area contributed by atoms with Gasteiger partial charge < -0.3 is 15.5 Å². The van der Waals surface area contributed by atoms with Crippen LogP contribution in [0.3, 0.4) is 0 Å². The third kappa shape index (κ3) is 5.03. The van der Waals surface area contributed by atoms with Gasteiger partial charge in [-0.05, 0) is 6.07 Å². The Morgan fingerprint density at radius 1 is 1.19 bits per heavy atom. The summed E-state index contributed by atoms with van der Waals surface area (Å²) in [5.74, 6) is -0.0949. The van der Waals surface area contributed by atoms with Crippen LogP contribution in [-0.2, 0) is 11.3 Å². The van der Waals surface area contributed by atoms with E-state index in [0.717, 1.165) is 26.1 Å². The predicted octanol–water partition coefficient (Wildman–Crippen LogP) is 0.980. The van der Waals surface area contributed by atoms with E-state index in [1.807, 2.05) is 18.2 Å². The Labute approximate surface area is 152 Å². The van der Waals surface area contributed by atoms with Crippen LogP contribution in [0.15, 0.2) is 54.6 Å². The van der Waals surface area contributed by atoms with Crippen LogP contribution in [0.5, 0.6) is 0 Å². The number of anilines is 1. The van der Waals surface area contributed by atoms with Crippen molar-refractivity contribution in [1.29, 1.82) is 0 Å². The van der Waals surface area contributed by atoms with Gasteiger partial charge in [-0.3, -0.25) is 14.9 Å². The molecule has 2 atom stereocenters. The van der Waals surface area contributed by atoms with Crippen LogP contribution in [0.1, 0.15) is 12.0 Å². The minimum atomic E-state index is -0.451. The van der Waals surface area contributed by atoms with Crippen molar-refractivity contribution >= 4 is 17.3 Å². The third-order valence-electron chi connectivity index (χ3n) is 4.55. The van der Waals surface area contributed by atoms with E-state index >= 15 is 0 Å². The summed E-state index contributed by atoms with van der Waals surface area (Å²) in [5, 5.41) is 16.8. The second kappa shape index (κ2) is 8.44. The average molecular weight is 355 g/mol. The van der Waals surface area contributed by atoms with Gasteiger partial charge in [-0.1, -0.05) is 36.4 Å². The van der Waals surface area contributed by atoms with Gasteiger partial charge >= 0.3 is 0 Å². The largest absolute Gasteiger partial charge is 0.376 e. The Hall–Kier alpha value is -2.93. The first kappa shape index (κ1) is 17.9. The van der Waals surface area contributed by atoms with Crippen molar-refractivity contribution in [2.24, 2.45) is 0 Å². The standard InChI is InChI=1S/C19H22N4O3/c24-19(12-20-16-7-4-8-18(11-16)23(25)26)21-17-9-10-22(14-17)13-15-5-2-1-3-6-15/h1-8,11,17,20H,9-10,12-14H2,(H,21,24)/p+1/t17-/m1/s1. The minimum absolute atomic E-state index is 0.00588. The summed E-state index contributed by atoms with van der Waals surface area (Å²) in [4.78, 5) is 23.9. The van der Waals surface area contributed by atoms with Crippen molar-refractivity contribution in [1.82, 2.24) is 5.32 Å². The molecule has 2 aromatic carbocycles. The van der Waals surface area contributed by atoms with Crippen LogP contribution in [0.25, 0.3) is 0 Å². The molecule has 26 heavy (non-hydrogen) atoms.